The van der Waals surface area contributed by atoms with Crippen molar-refractivity contribution in [1.29, 1.82) is 0 Å². The third-order valence-electron chi connectivity index (χ3n) is 3.31. The van der Waals surface area contributed by atoms with Crippen LogP contribution in [0.3, 0.4) is 0 Å². The van der Waals surface area contributed by atoms with Crippen LogP contribution in [0.15, 0.2) is 36.7 Å². The third-order valence-corrected chi connectivity index (χ3v) is 3.31. The molecule has 106 valence electrons. The molecule has 0 fully saturated rings. The van der Waals surface area contributed by atoms with E-state index in [4.69, 9.17) is 16.2 Å². The van der Waals surface area contributed by atoms with Crippen molar-refractivity contribution in [2.75, 3.05) is 18.6 Å². The number of anilines is 2. The number of benzene rings is 1. The number of aromatic nitrogens is 3. The highest BCUT2D eigenvalue weighted by Gasteiger charge is 2.09. The fraction of sp³-hybridized carbons (Fsp3) is 0.133. The number of methoxy groups -OCH3 is 1. The van der Waals surface area contributed by atoms with Crippen LogP contribution in [-0.4, -0.2) is 22.1 Å². The maximum absolute atomic E-state index is 5.91. The molecule has 3 aromatic rings. The molecule has 0 amide bonds. The van der Waals surface area contributed by atoms with Gasteiger partial charge in [-0.05, 0) is 17.7 Å². The minimum atomic E-state index is 0.174. The fourth-order valence-electron chi connectivity index (χ4n) is 2.27. The minimum Gasteiger partial charge on any atom is -0.497 e. The van der Waals surface area contributed by atoms with Gasteiger partial charge in [-0.3, -0.25) is 4.98 Å². The molecule has 0 saturated heterocycles. The summed E-state index contributed by atoms with van der Waals surface area (Å²) in [5.74, 6) is 1.32. The smallest absolute Gasteiger partial charge is 0.221 e. The number of fused-ring (bicyclic) bond motifs is 1. The van der Waals surface area contributed by atoms with Crippen LogP contribution in [0, 0.1) is 0 Å². The minimum absolute atomic E-state index is 0.174. The molecule has 0 aliphatic rings. The number of pyridine rings is 1. The van der Waals surface area contributed by atoms with Crippen molar-refractivity contribution in [2.24, 2.45) is 0 Å². The molecule has 1 aromatic carbocycles. The highest BCUT2D eigenvalue weighted by Crippen LogP contribution is 2.26. The van der Waals surface area contributed by atoms with Gasteiger partial charge in [0.2, 0.25) is 5.95 Å². The quantitative estimate of drug-likeness (QED) is 0.759. The summed E-state index contributed by atoms with van der Waals surface area (Å²) in [6, 6.07) is 7.80. The second kappa shape index (κ2) is 5.24. The average Bonchev–Trinajstić information content (AvgIpc) is 2.49. The number of hydrogen-bond donors (Lipinski definition) is 2. The molecule has 4 N–H and O–H groups in total. The zero-order valence-corrected chi connectivity index (χ0v) is 11.6. The van der Waals surface area contributed by atoms with Crippen molar-refractivity contribution in [3.8, 4) is 5.75 Å². The number of hydrogen-bond acceptors (Lipinski definition) is 6. The van der Waals surface area contributed by atoms with E-state index < -0.39 is 0 Å². The summed E-state index contributed by atoms with van der Waals surface area (Å²) in [6.07, 6.45) is 4.00. The maximum Gasteiger partial charge on any atom is 0.221 e. The summed E-state index contributed by atoms with van der Waals surface area (Å²) >= 11 is 0. The molecular weight excluding hydrogens is 266 g/mol. The van der Waals surface area contributed by atoms with Gasteiger partial charge in [-0.2, -0.15) is 4.98 Å². The van der Waals surface area contributed by atoms with Gasteiger partial charge >= 0.3 is 0 Å². The lowest BCUT2D eigenvalue weighted by Gasteiger charge is -2.10. The molecule has 21 heavy (non-hydrogen) atoms. The van der Waals surface area contributed by atoms with Crippen LogP contribution in [0.5, 0.6) is 5.75 Å². The normalized spacial score (nSPS) is 10.7. The Kier molecular flexibility index (Phi) is 3.27. The predicted octanol–water partition coefficient (Wildman–Crippen LogP) is 1.79. The molecular formula is C15H15N5O. The number of nitrogens with two attached hydrogens (primary N) is 2. The van der Waals surface area contributed by atoms with Crippen LogP contribution in [0.25, 0.3) is 10.9 Å². The Balaban J connectivity index is 2.10. The molecule has 0 atom stereocenters. The van der Waals surface area contributed by atoms with Crippen LogP contribution in [0.4, 0.5) is 11.8 Å². The Morgan fingerprint density at radius 3 is 2.76 bits per heavy atom. The second-order valence-corrected chi connectivity index (χ2v) is 4.67. The number of ether oxygens (including phenoxy) is 1. The van der Waals surface area contributed by atoms with E-state index in [1.165, 1.54) is 0 Å². The number of nitrogen functional groups attached to an aromatic ring is 2. The number of rotatable bonds is 3. The maximum atomic E-state index is 5.91. The van der Waals surface area contributed by atoms with Gasteiger partial charge in [-0.1, -0.05) is 6.07 Å². The Bertz CT molecular complexity index is 803. The van der Waals surface area contributed by atoms with Gasteiger partial charge in [0.05, 0.1) is 12.6 Å². The molecule has 0 bridgehead atoms. The summed E-state index contributed by atoms with van der Waals surface area (Å²) < 4.78 is 5.33. The molecule has 0 radical (unpaired) electrons. The van der Waals surface area contributed by atoms with E-state index in [9.17, 15) is 0 Å². The molecule has 3 rings (SSSR count). The van der Waals surface area contributed by atoms with Gasteiger partial charge < -0.3 is 16.2 Å². The highest BCUT2D eigenvalue weighted by atomic mass is 16.5. The molecule has 0 saturated carbocycles. The summed E-state index contributed by atoms with van der Waals surface area (Å²) in [6.45, 7) is 0. The zero-order chi connectivity index (χ0) is 14.8. The molecule has 0 spiro atoms. The van der Waals surface area contributed by atoms with Crippen molar-refractivity contribution in [3.05, 3.63) is 47.8 Å². The fourth-order valence-corrected chi connectivity index (χ4v) is 2.27. The van der Waals surface area contributed by atoms with Crippen LogP contribution in [0.2, 0.25) is 0 Å². The van der Waals surface area contributed by atoms with Crippen molar-refractivity contribution < 1.29 is 4.74 Å². The van der Waals surface area contributed by atoms with Gasteiger partial charge in [0.25, 0.3) is 0 Å². The standard InChI is InChI=1S/C15H15N5O/c1-21-11-6-9(12-3-2-4-18-13(12)7-11)5-10-8-19-15(17)20-14(10)16/h2-4,6-8H,5H2,1H3,(H4,16,17,19,20). The Hall–Kier alpha value is -2.89. The van der Waals surface area contributed by atoms with Crippen molar-refractivity contribution >= 4 is 22.7 Å². The van der Waals surface area contributed by atoms with Gasteiger partial charge in [0, 0.05) is 35.8 Å². The summed E-state index contributed by atoms with van der Waals surface area (Å²) in [5, 5.41) is 1.05. The van der Waals surface area contributed by atoms with Gasteiger partial charge in [-0.25, -0.2) is 4.98 Å². The van der Waals surface area contributed by atoms with E-state index in [1.807, 2.05) is 24.3 Å². The summed E-state index contributed by atoms with van der Waals surface area (Å²) in [7, 11) is 1.63. The van der Waals surface area contributed by atoms with E-state index in [0.29, 0.717) is 12.2 Å². The first-order chi connectivity index (χ1) is 10.2. The van der Waals surface area contributed by atoms with Crippen LogP contribution in [0.1, 0.15) is 11.1 Å². The molecule has 0 aliphatic heterocycles. The lowest BCUT2D eigenvalue weighted by Crippen LogP contribution is -2.04. The SMILES string of the molecule is COc1cc(Cc2cnc(N)nc2N)c2cccnc2c1. The average molecular weight is 281 g/mol. The first-order valence-electron chi connectivity index (χ1n) is 6.46. The van der Waals surface area contributed by atoms with E-state index in [0.717, 1.165) is 27.8 Å². The van der Waals surface area contributed by atoms with E-state index in [-0.39, 0.29) is 5.95 Å². The lowest BCUT2D eigenvalue weighted by molar-refractivity contribution is 0.415. The molecule has 2 aromatic heterocycles. The summed E-state index contributed by atoms with van der Waals surface area (Å²) in [5.41, 5.74) is 14.2. The van der Waals surface area contributed by atoms with Crippen LogP contribution >= 0.6 is 0 Å². The zero-order valence-electron chi connectivity index (χ0n) is 11.6. The monoisotopic (exact) mass is 281 g/mol. The largest absolute Gasteiger partial charge is 0.497 e. The van der Waals surface area contributed by atoms with Gasteiger partial charge in [0.15, 0.2) is 0 Å². The molecule has 0 unspecified atom stereocenters. The van der Waals surface area contributed by atoms with Crippen LogP contribution in [-0.2, 0) is 6.42 Å². The molecule has 0 aliphatic carbocycles. The lowest BCUT2D eigenvalue weighted by atomic mass is 10.0. The van der Waals surface area contributed by atoms with Crippen molar-refractivity contribution in [2.45, 2.75) is 6.42 Å². The van der Waals surface area contributed by atoms with E-state index >= 15 is 0 Å². The number of nitrogens with zero attached hydrogens (tertiary/aromatic N) is 3. The third kappa shape index (κ3) is 2.55. The van der Waals surface area contributed by atoms with E-state index in [2.05, 4.69) is 15.0 Å². The second-order valence-electron chi connectivity index (χ2n) is 4.67. The van der Waals surface area contributed by atoms with Crippen molar-refractivity contribution in [1.82, 2.24) is 15.0 Å². The molecule has 6 heteroatoms. The Morgan fingerprint density at radius 2 is 2.00 bits per heavy atom. The van der Waals surface area contributed by atoms with Gasteiger partial charge in [-0.15, -0.1) is 0 Å². The first-order valence-corrected chi connectivity index (χ1v) is 6.46. The summed E-state index contributed by atoms with van der Waals surface area (Å²) in [4.78, 5) is 12.4. The van der Waals surface area contributed by atoms with Crippen LogP contribution < -0.4 is 16.2 Å². The predicted molar refractivity (Wildman–Crippen MR) is 82.0 cm³/mol. The van der Waals surface area contributed by atoms with Gasteiger partial charge in [0.1, 0.15) is 11.6 Å². The Labute approximate surface area is 121 Å². The van der Waals surface area contributed by atoms with Crippen molar-refractivity contribution in [3.63, 3.8) is 0 Å². The molecule has 2 heterocycles. The van der Waals surface area contributed by atoms with E-state index in [1.54, 1.807) is 19.5 Å². The first kappa shape index (κ1) is 13.1. The Morgan fingerprint density at radius 1 is 1.14 bits per heavy atom. The molecule has 6 nitrogen and oxygen atoms in total. The highest BCUT2D eigenvalue weighted by molar-refractivity contribution is 5.84. The topological polar surface area (TPSA) is 99.9 Å².